The molecule has 0 aliphatic carbocycles. The summed E-state index contributed by atoms with van der Waals surface area (Å²) in [6.45, 7) is 3.07. The molecule has 3 rings (SSSR count). The van der Waals surface area contributed by atoms with Crippen molar-refractivity contribution in [2.45, 2.75) is 25.5 Å². The fourth-order valence-electron chi connectivity index (χ4n) is 2.87. The van der Waals surface area contributed by atoms with Crippen molar-refractivity contribution < 1.29 is 9.77 Å². The van der Waals surface area contributed by atoms with Crippen LogP contribution in [-0.2, 0) is 11.3 Å². The number of halogens is 1. The van der Waals surface area contributed by atoms with Gasteiger partial charge in [0.25, 0.3) is 5.96 Å². The zero-order valence-corrected chi connectivity index (χ0v) is 13.9. The SMILES string of the molecule is O=[N+]([O-])/N=C1\NCN(CC2CCCO2)CN1Cc1ccc(Cl)nc1. The highest BCUT2D eigenvalue weighted by Gasteiger charge is 2.27. The van der Waals surface area contributed by atoms with E-state index < -0.39 is 5.03 Å². The molecule has 0 saturated carbocycles. The smallest absolute Gasteiger partial charge is 0.273 e. The minimum absolute atomic E-state index is 0.222. The number of hydrazone groups is 1. The normalized spacial score (nSPS) is 23.5. The van der Waals surface area contributed by atoms with Gasteiger partial charge in [-0.3, -0.25) is 4.90 Å². The minimum atomic E-state index is -0.689. The molecular weight excluding hydrogens is 336 g/mol. The van der Waals surface area contributed by atoms with Crippen molar-refractivity contribution >= 4 is 17.6 Å². The van der Waals surface area contributed by atoms with Crippen LogP contribution < -0.4 is 5.32 Å². The second-order valence-electron chi connectivity index (χ2n) is 5.81. The van der Waals surface area contributed by atoms with Crippen LogP contribution in [0.25, 0.3) is 0 Å². The Kier molecular flexibility index (Phi) is 5.44. The number of guanidine groups is 1. The molecule has 0 aromatic carbocycles. The average molecular weight is 355 g/mol. The Hall–Kier alpha value is -1.97. The van der Waals surface area contributed by atoms with Gasteiger partial charge in [-0.2, -0.15) is 0 Å². The van der Waals surface area contributed by atoms with Crippen molar-refractivity contribution in [3.8, 4) is 0 Å². The maximum atomic E-state index is 10.8. The first-order valence-electron chi connectivity index (χ1n) is 7.76. The number of ether oxygens (including phenoxy) is 1. The lowest BCUT2D eigenvalue weighted by molar-refractivity contribution is -0.486. The van der Waals surface area contributed by atoms with Crippen LogP contribution in [0.15, 0.2) is 23.4 Å². The first-order valence-corrected chi connectivity index (χ1v) is 8.14. The summed E-state index contributed by atoms with van der Waals surface area (Å²) in [4.78, 5) is 18.8. The molecule has 1 unspecified atom stereocenters. The lowest BCUT2D eigenvalue weighted by Gasteiger charge is -2.37. The van der Waals surface area contributed by atoms with Crippen molar-refractivity contribution in [1.29, 1.82) is 0 Å². The zero-order valence-electron chi connectivity index (χ0n) is 13.1. The molecule has 0 bridgehead atoms. The first-order chi connectivity index (χ1) is 11.6. The number of nitro groups is 1. The third-order valence-electron chi connectivity index (χ3n) is 3.96. The van der Waals surface area contributed by atoms with Crippen LogP contribution >= 0.6 is 11.6 Å². The van der Waals surface area contributed by atoms with E-state index in [0.717, 1.165) is 31.6 Å². The Morgan fingerprint density at radius 2 is 2.42 bits per heavy atom. The van der Waals surface area contributed by atoms with E-state index in [-0.39, 0.29) is 12.1 Å². The number of rotatable bonds is 5. The molecule has 1 aromatic heterocycles. The van der Waals surface area contributed by atoms with Gasteiger partial charge >= 0.3 is 0 Å². The maximum Gasteiger partial charge on any atom is 0.273 e. The Labute approximate surface area is 144 Å². The Morgan fingerprint density at radius 1 is 1.54 bits per heavy atom. The van der Waals surface area contributed by atoms with E-state index in [1.54, 1.807) is 12.3 Å². The highest BCUT2D eigenvalue weighted by Crippen LogP contribution is 2.16. The molecule has 2 aliphatic rings. The van der Waals surface area contributed by atoms with Crippen molar-refractivity contribution in [2.75, 3.05) is 26.5 Å². The summed E-state index contributed by atoms with van der Waals surface area (Å²) in [6, 6.07) is 3.54. The Morgan fingerprint density at radius 3 is 3.08 bits per heavy atom. The van der Waals surface area contributed by atoms with E-state index >= 15 is 0 Å². The summed E-state index contributed by atoms with van der Waals surface area (Å²) in [6.07, 6.45) is 4.01. The number of pyridine rings is 1. The average Bonchev–Trinajstić information content (AvgIpc) is 3.05. The monoisotopic (exact) mass is 354 g/mol. The van der Waals surface area contributed by atoms with E-state index in [9.17, 15) is 10.1 Å². The summed E-state index contributed by atoms with van der Waals surface area (Å²) in [5, 5.41) is 16.9. The van der Waals surface area contributed by atoms with Gasteiger partial charge in [-0.05, 0) is 24.5 Å². The molecule has 130 valence electrons. The summed E-state index contributed by atoms with van der Waals surface area (Å²) in [7, 11) is 0. The quantitative estimate of drug-likeness (QED) is 0.480. The molecule has 0 spiro atoms. The van der Waals surface area contributed by atoms with Gasteiger partial charge in [-0.15, -0.1) is 0 Å². The predicted octanol–water partition coefficient (Wildman–Crippen LogP) is 1.08. The van der Waals surface area contributed by atoms with Gasteiger partial charge in [-0.25, -0.2) is 15.1 Å². The predicted molar refractivity (Wildman–Crippen MR) is 87.8 cm³/mol. The molecule has 2 fully saturated rings. The fourth-order valence-corrected chi connectivity index (χ4v) is 2.98. The summed E-state index contributed by atoms with van der Waals surface area (Å²) >= 11 is 5.80. The van der Waals surface area contributed by atoms with Gasteiger partial charge in [0.05, 0.1) is 19.4 Å². The largest absolute Gasteiger partial charge is 0.377 e. The van der Waals surface area contributed by atoms with Crippen LogP contribution in [0.2, 0.25) is 5.15 Å². The van der Waals surface area contributed by atoms with Crippen LogP contribution in [0.3, 0.4) is 0 Å². The number of nitrogens with one attached hydrogen (secondary N) is 1. The van der Waals surface area contributed by atoms with Crippen LogP contribution in [0.4, 0.5) is 0 Å². The minimum Gasteiger partial charge on any atom is -0.377 e. The van der Waals surface area contributed by atoms with E-state index in [2.05, 4.69) is 20.3 Å². The highest BCUT2D eigenvalue weighted by molar-refractivity contribution is 6.29. The number of hydrogen-bond acceptors (Lipinski definition) is 5. The topological polar surface area (TPSA) is 96.1 Å². The molecule has 0 radical (unpaired) electrons. The van der Waals surface area contributed by atoms with Crippen molar-refractivity contribution in [1.82, 2.24) is 20.1 Å². The Balaban J connectivity index is 1.68. The summed E-state index contributed by atoms with van der Waals surface area (Å²) in [5.74, 6) is 0.249. The molecule has 1 aromatic rings. The first kappa shape index (κ1) is 16.9. The van der Waals surface area contributed by atoms with Crippen LogP contribution in [0, 0.1) is 10.1 Å². The maximum absolute atomic E-state index is 10.8. The summed E-state index contributed by atoms with van der Waals surface area (Å²) in [5.41, 5.74) is 0.899. The van der Waals surface area contributed by atoms with E-state index in [1.807, 2.05) is 11.0 Å². The molecule has 10 heteroatoms. The second kappa shape index (κ2) is 7.73. The molecule has 2 aliphatic heterocycles. The molecular formula is C14H19ClN6O3. The molecule has 3 heterocycles. The Bertz CT molecular complexity index is 605. The molecule has 2 saturated heterocycles. The van der Waals surface area contributed by atoms with E-state index in [0.29, 0.717) is 25.0 Å². The number of hydrogen-bond donors (Lipinski definition) is 1. The fraction of sp³-hybridized carbons (Fsp3) is 0.571. The van der Waals surface area contributed by atoms with Gasteiger partial charge in [0, 0.05) is 25.9 Å². The van der Waals surface area contributed by atoms with Crippen LogP contribution in [-0.4, -0.2) is 58.4 Å². The number of aromatic nitrogens is 1. The van der Waals surface area contributed by atoms with E-state index in [1.165, 1.54) is 0 Å². The second-order valence-corrected chi connectivity index (χ2v) is 6.20. The van der Waals surface area contributed by atoms with Gasteiger partial charge in [0.1, 0.15) is 10.3 Å². The van der Waals surface area contributed by atoms with Crippen molar-refractivity contribution in [3.05, 3.63) is 39.2 Å². The number of nitrogens with zero attached hydrogens (tertiary/aromatic N) is 5. The van der Waals surface area contributed by atoms with Gasteiger partial charge in [-0.1, -0.05) is 17.7 Å². The third-order valence-corrected chi connectivity index (χ3v) is 4.18. The lowest BCUT2D eigenvalue weighted by atomic mass is 10.2. The van der Waals surface area contributed by atoms with Crippen LogP contribution in [0.1, 0.15) is 18.4 Å². The highest BCUT2D eigenvalue weighted by atomic mass is 35.5. The third kappa shape index (κ3) is 4.53. The van der Waals surface area contributed by atoms with Gasteiger partial charge in [0.2, 0.25) is 0 Å². The van der Waals surface area contributed by atoms with Crippen LogP contribution in [0.5, 0.6) is 0 Å². The van der Waals surface area contributed by atoms with Crippen molar-refractivity contribution in [2.24, 2.45) is 5.10 Å². The molecule has 24 heavy (non-hydrogen) atoms. The lowest BCUT2D eigenvalue weighted by Crippen LogP contribution is -2.57. The van der Waals surface area contributed by atoms with Crippen molar-refractivity contribution in [3.63, 3.8) is 0 Å². The van der Waals surface area contributed by atoms with Gasteiger partial charge in [0.15, 0.2) is 5.03 Å². The molecule has 1 N–H and O–H groups in total. The molecule has 0 amide bonds. The van der Waals surface area contributed by atoms with Gasteiger partial charge < -0.3 is 15.0 Å². The standard InChI is InChI=1S/C14H19ClN6O3/c15-13-4-3-11(6-16-13)7-20-10-19(8-12-2-1-5-24-12)9-17-14(20)18-21(22)23/h3-4,6,12H,1-2,5,7-10H2,(H,17,18). The molecule has 9 nitrogen and oxygen atoms in total. The van der Waals surface area contributed by atoms with E-state index in [4.69, 9.17) is 16.3 Å². The molecule has 1 atom stereocenters. The summed E-state index contributed by atoms with van der Waals surface area (Å²) < 4.78 is 5.66. The zero-order chi connectivity index (χ0) is 16.9.